The minimum atomic E-state index is -1.07. The Balaban J connectivity index is 2.11. The molecule has 0 radical (unpaired) electrons. The van der Waals surface area contributed by atoms with E-state index in [4.69, 9.17) is 14.3 Å². The van der Waals surface area contributed by atoms with Gasteiger partial charge in [-0.2, -0.15) is 0 Å². The molecule has 0 aliphatic rings. The number of carboxylic acid groups (broad SMARTS) is 1. The van der Waals surface area contributed by atoms with Crippen LogP contribution in [0.1, 0.15) is 21.9 Å². The van der Waals surface area contributed by atoms with Crippen molar-refractivity contribution in [1.29, 1.82) is 0 Å². The third-order valence-electron chi connectivity index (χ3n) is 2.45. The van der Waals surface area contributed by atoms with Crippen LogP contribution in [0.25, 0.3) is 0 Å². The van der Waals surface area contributed by atoms with Gasteiger partial charge < -0.3 is 14.3 Å². The van der Waals surface area contributed by atoms with Crippen molar-refractivity contribution in [3.8, 4) is 5.75 Å². The van der Waals surface area contributed by atoms with Gasteiger partial charge >= 0.3 is 5.97 Å². The molecule has 94 valence electrons. The Morgan fingerprint density at radius 2 is 2.17 bits per heavy atom. The molecule has 2 rings (SSSR count). The molecule has 0 saturated heterocycles. The third-order valence-corrected chi connectivity index (χ3v) is 3.34. The fourth-order valence-corrected chi connectivity index (χ4v) is 2.03. The summed E-state index contributed by atoms with van der Waals surface area (Å²) in [5.74, 6) is 0.210. The van der Waals surface area contributed by atoms with Gasteiger partial charge in [0, 0.05) is 5.56 Å². The molecule has 5 heteroatoms. The number of carboxylic acids is 1. The number of benzene rings is 1. The van der Waals surface area contributed by atoms with Crippen molar-refractivity contribution in [1.82, 2.24) is 0 Å². The zero-order valence-corrected chi connectivity index (χ0v) is 11.8. The molecule has 1 heterocycles. The average molecular weight is 358 g/mol. The van der Waals surface area contributed by atoms with Gasteiger partial charge in [-0.1, -0.05) is 12.1 Å². The van der Waals surface area contributed by atoms with E-state index in [1.807, 2.05) is 24.3 Å². The number of aryl methyl sites for hydroxylation is 1. The van der Waals surface area contributed by atoms with Crippen LogP contribution in [0.2, 0.25) is 0 Å². The molecule has 4 nitrogen and oxygen atoms in total. The highest BCUT2D eigenvalue weighted by molar-refractivity contribution is 14.1. The topological polar surface area (TPSA) is 59.7 Å². The third kappa shape index (κ3) is 2.84. The van der Waals surface area contributed by atoms with Gasteiger partial charge in [0.2, 0.25) is 5.76 Å². The molecule has 1 N–H and O–H groups in total. The summed E-state index contributed by atoms with van der Waals surface area (Å²) in [6.45, 7) is 2.02. The van der Waals surface area contributed by atoms with Crippen LogP contribution < -0.4 is 4.74 Å². The van der Waals surface area contributed by atoms with E-state index in [1.165, 1.54) is 6.07 Å². The van der Waals surface area contributed by atoms with E-state index < -0.39 is 5.97 Å². The molecular weight excluding hydrogens is 347 g/mol. The lowest BCUT2D eigenvalue weighted by atomic mass is 10.2. The Morgan fingerprint density at radius 3 is 2.78 bits per heavy atom. The van der Waals surface area contributed by atoms with Crippen LogP contribution in [0, 0.1) is 10.5 Å². The molecular formula is C13H11IO4. The largest absolute Gasteiger partial charge is 0.488 e. The van der Waals surface area contributed by atoms with Crippen LogP contribution in [0.3, 0.4) is 0 Å². The quantitative estimate of drug-likeness (QED) is 0.851. The maximum atomic E-state index is 10.8. The van der Waals surface area contributed by atoms with Crippen LogP contribution in [-0.2, 0) is 6.61 Å². The first kappa shape index (κ1) is 12.9. The number of carbonyl (C=O) groups is 1. The van der Waals surface area contributed by atoms with Crippen molar-refractivity contribution in [3.63, 3.8) is 0 Å². The van der Waals surface area contributed by atoms with Crippen LogP contribution >= 0.6 is 22.6 Å². The minimum Gasteiger partial charge on any atom is -0.488 e. The summed E-state index contributed by atoms with van der Waals surface area (Å²) in [6, 6.07) is 9.13. The van der Waals surface area contributed by atoms with Crippen molar-refractivity contribution >= 4 is 28.6 Å². The van der Waals surface area contributed by atoms with Crippen LogP contribution in [0.5, 0.6) is 5.75 Å². The number of furan rings is 1. The van der Waals surface area contributed by atoms with Crippen molar-refractivity contribution in [2.24, 2.45) is 0 Å². The Kier molecular flexibility index (Phi) is 3.90. The molecule has 0 spiro atoms. The zero-order valence-electron chi connectivity index (χ0n) is 9.64. The first-order chi connectivity index (χ1) is 8.58. The first-order valence-corrected chi connectivity index (χ1v) is 6.35. The lowest BCUT2D eigenvalue weighted by Gasteiger charge is -2.06. The first-order valence-electron chi connectivity index (χ1n) is 5.28. The summed E-state index contributed by atoms with van der Waals surface area (Å²) >= 11 is 2.19. The van der Waals surface area contributed by atoms with E-state index in [0.717, 1.165) is 14.9 Å². The zero-order chi connectivity index (χ0) is 13.1. The normalized spacial score (nSPS) is 10.3. The molecule has 18 heavy (non-hydrogen) atoms. The Labute approximate surface area is 118 Å². The summed E-state index contributed by atoms with van der Waals surface area (Å²) in [4.78, 5) is 10.8. The van der Waals surface area contributed by atoms with Gasteiger partial charge in [-0.15, -0.1) is 0 Å². The van der Waals surface area contributed by atoms with Gasteiger partial charge in [0.15, 0.2) is 0 Å². The maximum Gasteiger partial charge on any atom is 0.371 e. The maximum absolute atomic E-state index is 10.8. The number of rotatable bonds is 4. The van der Waals surface area contributed by atoms with E-state index in [9.17, 15) is 4.79 Å². The van der Waals surface area contributed by atoms with Gasteiger partial charge in [0.05, 0.1) is 3.57 Å². The fourth-order valence-electron chi connectivity index (χ4n) is 1.49. The number of para-hydroxylation sites is 1. The fraction of sp³-hybridized carbons (Fsp3) is 0.154. The summed E-state index contributed by atoms with van der Waals surface area (Å²) in [5, 5.41) is 8.82. The molecule has 0 unspecified atom stereocenters. The Hall–Kier alpha value is -1.50. The van der Waals surface area contributed by atoms with Crippen LogP contribution in [-0.4, -0.2) is 11.1 Å². The van der Waals surface area contributed by atoms with E-state index in [2.05, 4.69) is 22.6 Å². The SMILES string of the molecule is Cc1oc(C(=O)O)cc1COc1ccccc1I. The van der Waals surface area contributed by atoms with Crippen molar-refractivity contribution < 1.29 is 19.1 Å². The molecule has 0 bridgehead atoms. The highest BCUT2D eigenvalue weighted by atomic mass is 127. The molecule has 2 aromatic rings. The Morgan fingerprint density at radius 1 is 1.44 bits per heavy atom. The molecule has 0 fully saturated rings. The number of hydrogen-bond donors (Lipinski definition) is 1. The van der Waals surface area contributed by atoms with Gasteiger partial charge in [-0.3, -0.25) is 0 Å². The van der Waals surface area contributed by atoms with E-state index in [1.54, 1.807) is 6.92 Å². The standard InChI is InChI=1S/C13H11IO4/c1-8-9(6-12(18-8)13(15)16)7-17-11-5-3-2-4-10(11)14/h2-6H,7H2,1H3,(H,15,16). The Bertz CT molecular complexity index is 574. The van der Waals surface area contributed by atoms with E-state index in [-0.39, 0.29) is 5.76 Å². The average Bonchev–Trinajstić information content (AvgIpc) is 2.70. The second-order valence-electron chi connectivity index (χ2n) is 3.72. The molecule has 0 atom stereocenters. The van der Waals surface area contributed by atoms with Crippen molar-refractivity contribution in [2.45, 2.75) is 13.5 Å². The second kappa shape index (κ2) is 5.43. The molecule has 1 aromatic heterocycles. The summed E-state index contributed by atoms with van der Waals surface area (Å²) < 4.78 is 11.8. The van der Waals surface area contributed by atoms with Crippen LogP contribution in [0.4, 0.5) is 0 Å². The smallest absolute Gasteiger partial charge is 0.371 e. The predicted molar refractivity (Wildman–Crippen MR) is 73.9 cm³/mol. The minimum absolute atomic E-state index is 0.0612. The number of ether oxygens (including phenoxy) is 1. The van der Waals surface area contributed by atoms with Crippen LogP contribution in [0.15, 0.2) is 34.7 Å². The number of hydrogen-bond acceptors (Lipinski definition) is 3. The van der Waals surface area contributed by atoms with Gasteiger partial charge in [0.1, 0.15) is 18.1 Å². The summed E-state index contributed by atoms with van der Waals surface area (Å²) in [7, 11) is 0. The van der Waals surface area contributed by atoms with Gasteiger partial charge in [0.25, 0.3) is 0 Å². The van der Waals surface area contributed by atoms with Crippen molar-refractivity contribution in [2.75, 3.05) is 0 Å². The summed E-state index contributed by atoms with van der Waals surface area (Å²) in [5.41, 5.74) is 0.743. The molecule has 0 saturated carbocycles. The molecule has 1 aromatic carbocycles. The molecule has 0 aliphatic carbocycles. The highest BCUT2D eigenvalue weighted by Gasteiger charge is 2.13. The number of halogens is 1. The lowest BCUT2D eigenvalue weighted by Crippen LogP contribution is -1.97. The highest BCUT2D eigenvalue weighted by Crippen LogP contribution is 2.22. The summed E-state index contributed by atoms with van der Waals surface area (Å²) in [6.07, 6.45) is 0. The van der Waals surface area contributed by atoms with Gasteiger partial charge in [-0.25, -0.2) is 4.79 Å². The monoisotopic (exact) mass is 358 g/mol. The van der Waals surface area contributed by atoms with E-state index in [0.29, 0.717) is 12.4 Å². The van der Waals surface area contributed by atoms with Crippen molar-refractivity contribution in [3.05, 3.63) is 51.0 Å². The molecule has 0 aliphatic heterocycles. The lowest BCUT2D eigenvalue weighted by molar-refractivity contribution is 0.0661. The molecule has 0 amide bonds. The number of aromatic carboxylic acids is 1. The van der Waals surface area contributed by atoms with E-state index >= 15 is 0 Å². The predicted octanol–water partition coefficient (Wildman–Crippen LogP) is 3.47. The second-order valence-corrected chi connectivity index (χ2v) is 4.88. The van der Waals surface area contributed by atoms with Gasteiger partial charge in [-0.05, 0) is 47.7 Å².